The monoisotopic (exact) mass is 527 g/mol. The van der Waals surface area contributed by atoms with Crippen LogP contribution in [0.15, 0.2) is 58.8 Å². The van der Waals surface area contributed by atoms with Gasteiger partial charge in [0.05, 0.1) is 5.39 Å². The van der Waals surface area contributed by atoms with Crippen LogP contribution in [-0.4, -0.2) is 33.1 Å². The number of pyridine rings is 1. The Bertz CT molecular complexity index is 1400. The molecule has 1 amide bonds. The molecule has 0 radical (unpaired) electrons. The molecule has 35 heavy (non-hydrogen) atoms. The number of nitrogens with zero attached hydrogens (tertiary/aromatic N) is 2. The van der Waals surface area contributed by atoms with Crippen LogP contribution in [0.1, 0.15) is 44.6 Å². The Labute approximate surface area is 216 Å². The number of aryl methyl sites for hydroxylation is 1. The number of carbonyl (C=O) groups is 1. The number of aromatic nitrogens is 1. The van der Waals surface area contributed by atoms with Gasteiger partial charge in [0.25, 0.3) is 5.91 Å². The Hall–Kier alpha value is -2.49. The lowest BCUT2D eigenvalue weighted by Crippen LogP contribution is -2.33. The first-order valence-electron chi connectivity index (χ1n) is 11.5. The van der Waals surface area contributed by atoms with Gasteiger partial charge in [0.15, 0.2) is 0 Å². The number of thiophene rings is 2. The van der Waals surface area contributed by atoms with E-state index in [1.54, 1.807) is 41.0 Å². The molecule has 1 saturated heterocycles. The van der Waals surface area contributed by atoms with Gasteiger partial charge in [-0.1, -0.05) is 29.8 Å². The molecule has 4 heterocycles. The summed E-state index contributed by atoms with van der Waals surface area (Å²) in [6.45, 7) is 1.90. The SMILES string of the molecule is Cn1cc(C(=O)NCc2ccc(Cl)cc2)c(=O)c2cc(CN3CCCC3[C@@H](O)c3cccs3)sc21. The van der Waals surface area contributed by atoms with Gasteiger partial charge in [0.1, 0.15) is 16.5 Å². The first-order chi connectivity index (χ1) is 16.9. The second-order valence-corrected chi connectivity index (χ2v) is 11.4. The minimum absolute atomic E-state index is 0.0635. The standard InChI is InChI=1S/C26H26ClN3O3S2/c1-29-15-20(25(33)28-13-16-6-8-17(27)9-7-16)23(31)19-12-18(35-26(19)29)14-30-10-2-4-21(30)24(32)22-5-3-11-34-22/h3,5-9,11-12,15,21,24,32H,2,4,10,13-14H2,1H3,(H,28,33)/t21?,24-/m1/s1. The quantitative estimate of drug-likeness (QED) is 0.357. The van der Waals surface area contributed by atoms with Crippen LogP contribution in [-0.2, 0) is 20.1 Å². The molecule has 1 aliphatic heterocycles. The van der Waals surface area contributed by atoms with Crippen molar-refractivity contribution in [1.82, 2.24) is 14.8 Å². The number of hydrogen-bond acceptors (Lipinski definition) is 6. The van der Waals surface area contributed by atoms with Crippen molar-refractivity contribution in [3.8, 4) is 0 Å². The molecule has 6 nitrogen and oxygen atoms in total. The van der Waals surface area contributed by atoms with E-state index in [4.69, 9.17) is 11.6 Å². The number of carbonyl (C=O) groups excluding carboxylic acids is 1. The number of hydrogen-bond donors (Lipinski definition) is 2. The number of halogens is 1. The zero-order valence-corrected chi connectivity index (χ0v) is 21.6. The maximum absolute atomic E-state index is 13.2. The summed E-state index contributed by atoms with van der Waals surface area (Å²) in [4.78, 5) is 31.2. The maximum atomic E-state index is 13.2. The van der Waals surface area contributed by atoms with E-state index in [1.807, 2.05) is 47.3 Å². The van der Waals surface area contributed by atoms with Crippen molar-refractivity contribution in [2.45, 2.75) is 38.1 Å². The third-order valence-corrected chi connectivity index (χ3v) is 8.88. The third kappa shape index (κ3) is 5.08. The Kier molecular flexibility index (Phi) is 7.09. The lowest BCUT2D eigenvalue weighted by Gasteiger charge is -2.27. The van der Waals surface area contributed by atoms with E-state index in [0.717, 1.165) is 39.5 Å². The number of rotatable bonds is 7. The normalized spacial score (nSPS) is 17.2. The van der Waals surface area contributed by atoms with Crippen LogP contribution in [0.4, 0.5) is 0 Å². The van der Waals surface area contributed by atoms with Crippen molar-refractivity contribution in [1.29, 1.82) is 0 Å². The summed E-state index contributed by atoms with van der Waals surface area (Å²) >= 11 is 9.07. The molecule has 2 N–H and O–H groups in total. The van der Waals surface area contributed by atoms with Crippen molar-refractivity contribution in [3.63, 3.8) is 0 Å². The summed E-state index contributed by atoms with van der Waals surface area (Å²) in [7, 11) is 1.86. The van der Waals surface area contributed by atoms with E-state index in [1.165, 1.54) is 0 Å². The van der Waals surface area contributed by atoms with Gasteiger partial charge < -0.3 is 15.0 Å². The lowest BCUT2D eigenvalue weighted by atomic mass is 10.1. The first-order valence-corrected chi connectivity index (χ1v) is 13.6. The van der Waals surface area contributed by atoms with Crippen LogP contribution >= 0.6 is 34.3 Å². The fraction of sp³-hybridized carbons (Fsp3) is 0.308. The van der Waals surface area contributed by atoms with Crippen molar-refractivity contribution in [2.75, 3.05) is 6.54 Å². The number of aliphatic hydroxyl groups excluding tert-OH is 1. The molecule has 0 bridgehead atoms. The molecule has 1 aromatic carbocycles. The van der Waals surface area contributed by atoms with Gasteiger partial charge in [0, 0.05) is 47.2 Å². The second kappa shape index (κ2) is 10.2. The Balaban J connectivity index is 1.35. The van der Waals surface area contributed by atoms with Crippen LogP contribution in [0, 0.1) is 0 Å². The van der Waals surface area contributed by atoms with Crippen molar-refractivity contribution in [2.24, 2.45) is 7.05 Å². The topological polar surface area (TPSA) is 74.6 Å². The van der Waals surface area contributed by atoms with Gasteiger partial charge in [-0.05, 0) is 54.6 Å². The molecule has 1 unspecified atom stereocenters. The number of nitrogens with one attached hydrogen (secondary N) is 1. The number of fused-ring (bicyclic) bond motifs is 1. The summed E-state index contributed by atoms with van der Waals surface area (Å²) in [5.74, 6) is -0.395. The largest absolute Gasteiger partial charge is 0.386 e. The zero-order valence-electron chi connectivity index (χ0n) is 19.2. The summed E-state index contributed by atoms with van der Waals surface area (Å²) < 4.78 is 1.85. The van der Waals surface area contributed by atoms with E-state index in [-0.39, 0.29) is 17.0 Å². The highest BCUT2D eigenvalue weighted by atomic mass is 35.5. The minimum atomic E-state index is -0.506. The fourth-order valence-corrected chi connectivity index (χ4v) is 6.69. The number of amides is 1. The Morgan fingerprint density at radius 2 is 2.09 bits per heavy atom. The van der Waals surface area contributed by atoms with Crippen LogP contribution in [0.3, 0.4) is 0 Å². The van der Waals surface area contributed by atoms with Crippen LogP contribution in [0.2, 0.25) is 5.02 Å². The van der Waals surface area contributed by atoms with Crippen molar-refractivity contribution >= 4 is 50.4 Å². The fourth-order valence-electron chi connectivity index (χ4n) is 4.69. The van der Waals surface area contributed by atoms with E-state index in [0.29, 0.717) is 23.5 Å². The molecule has 1 fully saturated rings. The molecule has 1 aliphatic rings. The molecular weight excluding hydrogens is 502 g/mol. The molecule has 0 aliphatic carbocycles. The lowest BCUT2D eigenvalue weighted by molar-refractivity contribution is 0.0719. The van der Waals surface area contributed by atoms with Crippen LogP contribution in [0.25, 0.3) is 10.2 Å². The number of likely N-dealkylation sites (tertiary alicyclic amines) is 1. The van der Waals surface area contributed by atoms with Crippen molar-refractivity contribution < 1.29 is 9.90 Å². The van der Waals surface area contributed by atoms with E-state index < -0.39 is 12.0 Å². The summed E-state index contributed by atoms with van der Waals surface area (Å²) in [6, 6.07) is 13.1. The predicted molar refractivity (Wildman–Crippen MR) is 142 cm³/mol. The zero-order chi connectivity index (χ0) is 24.5. The molecule has 4 aromatic rings. The number of aliphatic hydroxyl groups is 1. The highest BCUT2D eigenvalue weighted by Gasteiger charge is 2.32. The predicted octanol–water partition coefficient (Wildman–Crippen LogP) is 4.94. The average molecular weight is 528 g/mol. The van der Waals surface area contributed by atoms with Gasteiger partial charge in [-0.2, -0.15) is 0 Å². The summed E-state index contributed by atoms with van der Waals surface area (Å²) in [5, 5.41) is 16.9. The minimum Gasteiger partial charge on any atom is -0.386 e. The van der Waals surface area contributed by atoms with E-state index in [2.05, 4.69) is 10.2 Å². The van der Waals surface area contributed by atoms with E-state index in [9.17, 15) is 14.7 Å². The molecule has 3 aromatic heterocycles. The summed E-state index contributed by atoms with van der Waals surface area (Å²) in [6.07, 6.45) is 3.09. The molecular formula is C26H26ClN3O3S2. The molecule has 5 rings (SSSR count). The smallest absolute Gasteiger partial charge is 0.257 e. The highest BCUT2D eigenvalue weighted by Crippen LogP contribution is 2.34. The molecule has 182 valence electrons. The summed E-state index contributed by atoms with van der Waals surface area (Å²) in [5.41, 5.74) is 0.777. The number of benzene rings is 1. The van der Waals surface area contributed by atoms with Gasteiger partial charge >= 0.3 is 0 Å². The van der Waals surface area contributed by atoms with Crippen LogP contribution < -0.4 is 10.7 Å². The first kappa shape index (κ1) is 24.2. The van der Waals surface area contributed by atoms with Gasteiger partial charge in [-0.3, -0.25) is 14.5 Å². The molecule has 0 saturated carbocycles. The van der Waals surface area contributed by atoms with Crippen LogP contribution in [0.5, 0.6) is 0 Å². The maximum Gasteiger partial charge on any atom is 0.257 e. The Morgan fingerprint density at radius 3 is 2.83 bits per heavy atom. The third-order valence-electron chi connectivity index (χ3n) is 6.48. The Morgan fingerprint density at radius 1 is 1.29 bits per heavy atom. The molecule has 2 atom stereocenters. The average Bonchev–Trinajstić information content (AvgIpc) is 3.62. The van der Waals surface area contributed by atoms with Gasteiger partial charge in [-0.25, -0.2) is 0 Å². The highest BCUT2D eigenvalue weighted by molar-refractivity contribution is 7.18. The van der Waals surface area contributed by atoms with Gasteiger partial charge in [0.2, 0.25) is 5.43 Å². The van der Waals surface area contributed by atoms with E-state index >= 15 is 0 Å². The molecule has 0 spiro atoms. The van der Waals surface area contributed by atoms with Crippen molar-refractivity contribution in [3.05, 3.63) is 90.2 Å². The molecule has 9 heteroatoms. The van der Waals surface area contributed by atoms with Gasteiger partial charge in [-0.15, -0.1) is 22.7 Å². The second-order valence-electron chi connectivity index (χ2n) is 8.86.